The summed E-state index contributed by atoms with van der Waals surface area (Å²) in [6.07, 6.45) is 4.21. The highest BCUT2D eigenvalue weighted by Crippen LogP contribution is 2.28. The molecule has 1 aromatic carbocycles. The molecule has 2 atom stereocenters. The molecule has 1 N–H and O–H groups in total. The molecule has 2 aliphatic heterocycles. The number of nitrogens with zero attached hydrogens (tertiary/aromatic N) is 5. The predicted octanol–water partition coefficient (Wildman–Crippen LogP) is 2.27. The SMILES string of the molecule is CCn1cc(CN(C)C(=O)[C@@H]2C[C@@H](O)CN2C2CCN(Cc3ccccc3)CC2)c(C)n1. The van der Waals surface area contributed by atoms with Crippen LogP contribution >= 0.6 is 0 Å². The van der Waals surface area contributed by atoms with E-state index in [0.717, 1.165) is 50.3 Å². The Labute approximate surface area is 191 Å². The van der Waals surface area contributed by atoms with Crippen molar-refractivity contribution in [3.8, 4) is 0 Å². The molecule has 3 heterocycles. The lowest BCUT2D eigenvalue weighted by molar-refractivity contribution is -0.136. The standard InChI is InChI=1S/C25H37N5O2/c1-4-29-17-21(19(2)26-29)16-27(3)25(32)24-14-23(31)18-30(24)22-10-12-28(13-11-22)15-20-8-6-5-7-9-20/h5-9,17,22-24,31H,4,10-16,18H2,1-3H3/t23-,24+/m1/s1. The Morgan fingerprint density at radius 3 is 2.59 bits per heavy atom. The second-order valence-electron chi connectivity index (χ2n) is 9.38. The van der Waals surface area contributed by atoms with E-state index in [1.165, 1.54) is 5.56 Å². The van der Waals surface area contributed by atoms with E-state index in [9.17, 15) is 9.90 Å². The van der Waals surface area contributed by atoms with Gasteiger partial charge in [0.15, 0.2) is 0 Å². The maximum Gasteiger partial charge on any atom is 0.240 e. The lowest BCUT2D eigenvalue weighted by Gasteiger charge is -2.39. The Hall–Kier alpha value is -2.22. The first kappa shape index (κ1) is 23.0. The summed E-state index contributed by atoms with van der Waals surface area (Å²) in [5, 5.41) is 14.9. The van der Waals surface area contributed by atoms with Crippen LogP contribution in [0.25, 0.3) is 0 Å². The monoisotopic (exact) mass is 439 g/mol. The molecule has 174 valence electrons. The van der Waals surface area contributed by atoms with E-state index >= 15 is 0 Å². The zero-order valence-corrected chi connectivity index (χ0v) is 19.7. The van der Waals surface area contributed by atoms with Crippen LogP contribution in [0.1, 0.15) is 43.0 Å². The summed E-state index contributed by atoms with van der Waals surface area (Å²) in [5.74, 6) is 0.108. The molecule has 1 amide bonds. The number of aliphatic hydroxyl groups is 1. The number of carbonyl (C=O) groups excluding carboxylic acids is 1. The molecule has 2 aliphatic rings. The number of amides is 1. The number of likely N-dealkylation sites (N-methyl/N-ethyl adjacent to an activating group) is 1. The fraction of sp³-hybridized carbons (Fsp3) is 0.600. The molecule has 0 aliphatic carbocycles. The average molecular weight is 440 g/mol. The van der Waals surface area contributed by atoms with Gasteiger partial charge in [-0.25, -0.2) is 0 Å². The van der Waals surface area contributed by atoms with E-state index < -0.39 is 6.10 Å². The van der Waals surface area contributed by atoms with Gasteiger partial charge < -0.3 is 10.0 Å². The molecule has 7 nitrogen and oxygen atoms in total. The molecule has 4 rings (SSSR count). The molecule has 0 unspecified atom stereocenters. The summed E-state index contributed by atoms with van der Waals surface area (Å²) in [6, 6.07) is 10.7. The lowest BCUT2D eigenvalue weighted by Crippen LogP contribution is -2.51. The molecule has 2 fully saturated rings. The molecule has 0 spiro atoms. The fourth-order valence-electron chi connectivity index (χ4n) is 5.20. The van der Waals surface area contributed by atoms with Gasteiger partial charge in [0, 0.05) is 51.0 Å². The zero-order valence-electron chi connectivity index (χ0n) is 19.7. The van der Waals surface area contributed by atoms with Crippen LogP contribution in [0.15, 0.2) is 36.5 Å². The number of aliphatic hydroxyl groups excluding tert-OH is 1. The number of likely N-dealkylation sites (tertiary alicyclic amines) is 2. The average Bonchev–Trinajstić information content (AvgIpc) is 3.36. The van der Waals surface area contributed by atoms with Gasteiger partial charge in [0.25, 0.3) is 0 Å². The summed E-state index contributed by atoms with van der Waals surface area (Å²) >= 11 is 0. The molecular formula is C25H37N5O2. The number of hydrogen-bond donors (Lipinski definition) is 1. The number of β-amino-alcohol motifs (C(OH)–C–C–N with tert-alkyl or cyclic N) is 1. The summed E-state index contributed by atoms with van der Waals surface area (Å²) < 4.78 is 1.91. The van der Waals surface area contributed by atoms with Gasteiger partial charge in [0.05, 0.1) is 17.8 Å². The van der Waals surface area contributed by atoms with Crippen LogP contribution < -0.4 is 0 Å². The number of piperidine rings is 1. The van der Waals surface area contributed by atoms with Crippen LogP contribution in [0, 0.1) is 6.92 Å². The summed E-state index contributed by atoms with van der Waals surface area (Å²) in [6.45, 7) is 9.07. The van der Waals surface area contributed by atoms with Crippen molar-refractivity contribution >= 4 is 5.91 Å². The Balaban J connectivity index is 1.35. The van der Waals surface area contributed by atoms with Crippen LogP contribution in [0.4, 0.5) is 0 Å². The van der Waals surface area contributed by atoms with Crippen molar-refractivity contribution in [3.63, 3.8) is 0 Å². The topological polar surface area (TPSA) is 64.8 Å². The van der Waals surface area contributed by atoms with Crippen molar-refractivity contribution in [2.75, 3.05) is 26.7 Å². The normalized spacial score (nSPS) is 23.0. The van der Waals surface area contributed by atoms with Crippen molar-refractivity contribution in [2.45, 2.75) is 70.9 Å². The van der Waals surface area contributed by atoms with E-state index in [2.05, 4.69) is 52.2 Å². The Bertz CT molecular complexity index is 891. The molecular weight excluding hydrogens is 402 g/mol. The number of aryl methyl sites for hydroxylation is 2. The van der Waals surface area contributed by atoms with Gasteiger partial charge in [0.1, 0.15) is 0 Å². The summed E-state index contributed by atoms with van der Waals surface area (Å²) in [7, 11) is 1.87. The number of hydrogen-bond acceptors (Lipinski definition) is 5. The highest BCUT2D eigenvalue weighted by molar-refractivity contribution is 5.82. The maximum atomic E-state index is 13.4. The number of carbonyl (C=O) groups is 1. The molecule has 2 saturated heterocycles. The van der Waals surface area contributed by atoms with Crippen LogP contribution in [0.5, 0.6) is 0 Å². The quantitative estimate of drug-likeness (QED) is 0.717. The van der Waals surface area contributed by atoms with Gasteiger partial charge in [-0.05, 0) is 51.8 Å². The first-order valence-corrected chi connectivity index (χ1v) is 11.9. The van der Waals surface area contributed by atoms with Crippen molar-refractivity contribution in [3.05, 3.63) is 53.3 Å². The van der Waals surface area contributed by atoms with E-state index in [1.54, 1.807) is 0 Å². The minimum absolute atomic E-state index is 0.108. The Morgan fingerprint density at radius 1 is 1.22 bits per heavy atom. The third kappa shape index (κ3) is 5.22. The molecule has 2 aromatic rings. The van der Waals surface area contributed by atoms with Crippen LogP contribution in [0.3, 0.4) is 0 Å². The van der Waals surface area contributed by atoms with Gasteiger partial charge >= 0.3 is 0 Å². The number of benzene rings is 1. The van der Waals surface area contributed by atoms with Crippen molar-refractivity contribution < 1.29 is 9.90 Å². The van der Waals surface area contributed by atoms with Crippen molar-refractivity contribution in [1.29, 1.82) is 0 Å². The van der Waals surface area contributed by atoms with Crippen LogP contribution in [0.2, 0.25) is 0 Å². The first-order chi connectivity index (χ1) is 15.4. The Kier molecular flexibility index (Phi) is 7.28. The molecule has 0 bridgehead atoms. The minimum atomic E-state index is -0.427. The van der Waals surface area contributed by atoms with Crippen molar-refractivity contribution in [1.82, 2.24) is 24.5 Å². The highest BCUT2D eigenvalue weighted by Gasteiger charge is 2.41. The summed E-state index contributed by atoms with van der Waals surface area (Å²) in [5.41, 5.74) is 3.40. The van der Waals surface area contributed by atoms with Gasteiger partial charge in [-0.15, -0.1) is 0 Å². The molecule has 0 radical (unpaired) electrons. The molecule has 0 saturated carbocycles. The third-order valence-electron chi connectivity index (χ3n) is 7.03. The van der Waals surface area contributed by atoms with Gasteiger partial charge in [-0.2, -0.15) is 5.10 Å². The predicted molar refractivity (Wildman–Crippen MR) is 125 cm³/mol. The third-order valence-corrected chi connectivity index (χ3v) is 7.03. The minimum Gasteiger partial charge on any atom is -0.392 e. The van der Waals surface area contributed by atoms with E-state index in [-0.39, 0.29) is 11.9 Å². The van der Waals surface area contributed by atoms with Gasteiger partial charge in [0.2, 0.25) is 5.91 Å². The largest absolute Gasteiger partial charge is 0.392 e. The van der Waals surface area contributed by atoms with E-state index in [1.807, 2.05) is 29.7 Å². The second kappa shape index (κ2) is 10.1. The van der Waals surface area contributed by atoms with Crippen LogP contribution in [-0.4, -0.2) is 80.4 Å². The van der Waals surface area contributed by atoms with Gasteiger partial charge in [-0.3, -0.25) is 19.3 Å². The Morgan fingerprint density at radius 2 is 1.94 bits per heavy atom. The molecule has 32 heavy (non-hydrogen) atoms. The molecule has 7 heteroatoms. The lowest BCUT2D eigenvalue weighted by atomic mass is 10.0. The van der Waals surface area contributed by atoms with E-state index in [0.29, 0.717) is 25.6 Å². The van der Waals surface area contributed by atoms with Crippen molar-refractivity contribution in [2.24, 2.45) is 0 Å². The molecule has 1 aromatic heterocycles. The summed E-state index contributed by atoms with van der Waals surface area (Å²) in [4.78, 5) is 20.0. The smallest absolute Gasteiger partial charge is 0.240 e. The zero-order chi connectivity index (χ0) is 22.7. The number of rotatable bonds is 7. The highest BCUT2D eigenvalue weighted by atomic mass is 16.3. The first-order valence-electron chi connectivity index (χ1n) is 11.9. The van der Waals surface area contributed by atoms with Crippen LogP contribution in [-0.2, 0) is 24.4 Å². The van der Waals surface area contributed by atoms with E-state index in [4.69, 9.17) is 0 Å². The maximum absolute atomic E-state index is 13.4. The van der Waals surface area contributed by atoms with Gasteiger partial charge in [-0.1, -0.05) is 30.3 Å². The number of aromatic nitrogens is 2. The fourth-order valence-corrected chi connectivity index (χ4v) is 5.20. The second-order valence-corrected chi connectivity index (χ2v) is 9.38.